The van der Waals surface area contributed by atoms with Crippen LogP contribution in [0.25, 0.3) is 0 Å². The van der Waals surface area contributed by atoms with Crippen molar-refractivity contribution >= 4 is 5.91 Å². The predicted octanol–water partition coefficient (Wildman–Crippen LogP) is -0.158. The summed E-state index contributed by atoms with van der Waals surface area (Å²) in [6.45, 7) is 1.27. The maximum Gasteiger partial charge on any atom is 0.256 e. The van der Waals surface area contributed by atoms with Gasteiger partial charge >= 0.3 is 0 Å². The highest BCUT2D eigenvalue weighted by Crippen LogP contribution is 2.26. The molecule has 0 aromatic rings. The predicted molar refractivity (Wildman–Crippen MR) is 48.8 cm³/mol. The first-order valence-corrected chi connectivity index (χ1v) is 5.06. The third kappa shape index (κ3) is 1.96. The first-order valence-electron chi connectivity index (χ1n) is 5.06. The fourth-order valence-corrected chi connectivity index (χ4v) is 2.12. The maximum absolute atomic E-state index is 12.2. The second-order valence-corrected chi connectivity index (χ2v) is 3.91. The topological polar surface area (TPSA) is 41.6 Å². The Morgan fingerprint density at radius 2 is 2.40 bits per heavy atom. The molecule has 4 nitrogen and oxygen atoms in total. The summed E-state index contributed by atoms with van der Waals surface area (Å²) < 4.78 is 29.9. The van der Waals surface area contributed by atoms with Crippen LogP contribution in [0.2, 0.25) is 0 Å². The number of ether oxygens (including phenoxy) is 1. The van der Waals surface area contributed by atoms with Gasteiger partial charge in [-0.25, -0.2) is 8.78 Å². The number of carbonyl (C=O) groups is 1. The van der Waals surface area contributed by atoms with Crippen LogP contribution in [0.1, 0.15) is 6.42 Å². The lowest BCUT2D eigenvalue weighted by atomic mass is 9.99. The minimum atomic E-state index is -2.47. The molecule has 0 aromatic carbocycles. The van der Waals surface area contributed by atoms with Crippen LogP contribution in [0.4, 0.5) is 8.78 Å². The summed E-state index contributed by atoms with van der Waals surface area (Å²) in [5.41, 5.74) is -0.868. The molecule has 1 atom stereocenters. The zero-order valence-electron chi connectivity index (χ0n) is 8.34. The Morgan fingerprint density at radius 3 is 3.00 bits per heavy atom. The van der Waals surface area contributed by atoms with Crippen molar-refractivity contribution in [2.75, 3.05) is 32.8 Å². The molecule has 1 amide bonds. The molecule has 0 bridgehead atoms. The summed E-state index contributed by atoms with van der Waals surface area (Å²) in [6, 6.07) is 0. The molecule has 2 aliphatic heterocycles. The third-order valence-electron chi connectivity index (χ3n) is 2.89. The van der Waals surface area contributed by atoms with Gasteiger partial charge in [0.25, 0.3) is 12.3 Å². The molecule has 86 valence electrons. The Balaban J connectivity index is 2.06. The molecule has 0 radical (unpaired) electrons. The lowest BCUT2D eigenvalue weighted by Gasteiger charge is -2.38. The highest BCUT2D eigenvalue weighted by molar-refractivity contribution is 5.86. The monoisotopic (exact) mass is 220 g/mol. The second-order valence-electron chi connectivity index (χ2n) is 3.91. The Labute approximate surface area is 86.6 Å². The molecule has 2 fully saturated rings. The number of hydrogen-bond donors (Lipinski definition) is 1. The minimum absolute atomic E-state index is 0.269. The van der Waals surface area contributed by atoms with Crippen molar-refractivity contribution in [2.24, 2.45) is 0 Å². The van der Waals surface area contributed by atoms with Crippen LogP contribution < -0.4 is 5.32 Å². The van der Waals surface area contributed by atoms with E-state index in [4.69, 9.17) is 4.74 Å². The van der Waals surface area contributed by atoms with E-state index in [0.717, 1.165) is 0 Å². The van der Waals surface area contributed by atoms with E-state index in [1.54, 1.807) is 0 Å². The second kappa shape index (κ2) is 4.02. The van der Waals surface area contributed by atoms with Crippen molar-refractivity contribution in [3.8, 4) is 0 Å². The molecule has 2 rings (SSSR count). The number of nitrogens with one attached hydrogen (secondary N) is 1. The highest BCUT2D eigenvalue weighted by atomic mass is 19.3. The molecule has 2 saturated heterocycles. The van der Waals surface area contributed by atoms with E-state index < -0.39 is 18.6 Å². The van der Waals surface area contributed by atoms with Gasteiger partial charge in [-0.3, -0.25) is 4.79 Å². The van der Waals surface area contributed by atoms with E-state index in [1.165, 1.54) is 4.90 Å². The van der Waals surface area contributed by atoms with Crippen LogP contribution in [-0.4, -0.2) is 55.6 Å². The Hall–Kier alpha value is -0.750. The van der Waals surface area contributed by atoms with Crippen molar-refractivity contribution in [1.82, 2.24) is 10.2 Å². The summed E-state index contributed by atoms with van der Waals surface area (Å²) in [6.07, 6.45) is -1.90. The van der Waals surface area contributed by atoms with E-state index in [0.29, 0.717) is 26.1 Å². The molecule has 1 spiro atoms. The molecule has 6 heteroatoms. The number of carbonyl (C=O) groups excluding carboxylic acids is 1. The fourth-order valence-electron chi connectivity index (χ4n) is 2.12. The lowest BCUT2D eigenvalue weighted by Crippen LogP contribution is -2.58. The summed E-state index contributed by atoms with van der Waals surface area (Å²) in [5.74, 6) is -0.293. The number of rotatable bonds is 2. The van der Waals surface area contributed by atoms with Gasteiger partial charge in [-0.1, -0.05) is 0 Å². The van der Waals surface area contributed by atoms with Crippen molar-refractivity contribution in [3.05, 3.63) is 0 Å². The number of hydrogen-bond acceptors (Lipinski definition) is 3. The quantitative estimate of drug-likeness (QED) is 0.703. The number of nitrogens with zero attached hydrogens (tertiary/aromatic N) is 1. The number of amides is 1. The van der Waals surface area contributed by atoms with Crippen LogP contribution in [0, 0.1) is 0 Å². The van der Waals surface area contributed by atoms with Gasteiger partial charge in [0, 0.05) is 13.1 Å². The maximum atomic E-state index is 12.2. The van der Waals surface area contributed by atoms with E-state index in [1.807, 2.05) is 0 Å². The average Bonchev–Trinajstić information content (AvgIpc) is 2.62. The first kappa shape index (κ1) is 10.8. The van der Waals surface area contributed by atoms with Gasteiger partial charge in [-0.15, -0.1) is 0 Å². The van der Waals surface area contributed by atoms with E-state index in [2.05, 4.69) is 5.32 Å². The van der Waals surface area contributed by atoms with Gasteiger partial charge in [-0.2, -0.15) is 0 Å². The van der Waals surface area contributed by atoms with Gasteiger partial charge in [0.15, 0.2) is 5.60 Å². The SMILES string of the molecule is O=C1N(CC(F)F)CCO[C@]12CCNC2. The van der Waals surface area contributed by atoms with Gasteiger partial charge in [-0.05, 0) is 13.0 Å². The Kier molecular flexibility index (Phi) is 2.88. The highest BCUT2D eigenvalue weighted by Gasteiger charge is 2.47. The zero-order valence-corrected chi connectivity index (χ0v) is 8.34. The first-order chi connectivity index (χ1) is 7.14. The van der Waals surface area contributed by atoms with E-state index in [-0.39, 0.29) is 12.5 Å². The smallest absolute Gasteiger partial charge is 0.256 e. The van der Waals surface area contributed by atoms with Crippen LogP contribution >= 0.6 is 0 Å². The lowest BCUT2D eigenvalue weighted by molar-refractivity contribution is -0.170. The normalized spacial score (nSPS) is 31.9. The third-order valence-corrected chi connectivity index (χ3v) is 2.89. The summed E-state index contributed by atoms with van der Waals surface area (Å²) >= 11 is 0. The Bertz CT molecular complexity index is 254. The fraction of sp³-hybridized carbons (Fsp3) is 0.889. The van der Waals surface area contributed by atoms with E-state index in [9.17, 15) is 13.6 Å². The molecule has 0 unspecified atom stereocenters. The van der Waals surface area contributed by atoms with Gasteiger partial charge in [0.1, 0.15) is 0 Å². The standard InChI is InChI=1S/C9H14F2N2O2/c10-7(11)5-13-3-4-15-9(8(13)14)1-2-12-6-9/h7,12H,1-6H2/t9-/m0/s1. The molecule has 15 heavy (non-hydrogen) atoms. The summed E-state index contributed by atoms with van der Waals surface area (Å²) in [5, 5.41) is 3.03. The number of morpholine rings is 1. The average molecular weight is 220 g/mol. The van der Waals surface area contributed by atoms with Crippen molar-refractivity contribution in [1.29, 1.82) is 0 Å². The van der Waals surface area contributed by atoms with Crippen molar-refractivity contribution in [3.63, 3.8) is 0 Å². The summed E-state index contributed by atoms with van der Waals surface area (Å²) in [4.78, 5) is 13.1. The minimum Gasteiger partial charge on any atom is -0.362 e. The molecule has 1 N–H and O–H groups in total. The molecule has 0 aromatic heterocycles. The molecule has 2 aliphatic rings. The van der Waals surface area contributed by atoms with E-state index >= 15 is 0 Å². The zero-order chi connectivity index (χ0) is 10.9. The van der Waals surface area contributed by atoms with Crippen LogP contribution in [0.3, 0.4) is 0 Å². The van der Waals surface area contributed by atoms with Crippen LogP contribution in [0.5, 0.6) is 0 Å². The largest absolute Gasteiger partial charge is 0.362 e. The number of halogens is 2. The molecule has 2 heterocycles. The van der Waals surface area contributed by atoms with Crippen LogP contribution in [-0.2, 0) is 9.53 Å². The molecule has 0 saturated carbocycles. The van der Waals surface area contributed by atoms with Crippen LogP contribution in [0.15, 0.2) is 0 Å². The van der Waals surface area contributed by atoms with Gasteiger partial charge in [0.2, 0.25) is 0 Å². The number of alkyl halides is 2. The molecular weight excluding hydrogens is 206 g/mol. The Morgan fingerprint density at radius 1 is 1.60 bits per heavy atom. The van der Waals surface area contributed by atoms with Gasteiger partial charge in [0.05, 0.1) is 13.2 Å². The molecule has 0 aliphatic carbocycles. The van der Waals surface area contributed by atoms with Crippen molar-refractivity contribution < 1.29 is 18.3 Å². The summed E-state index contributed by atoms with van der Waals surface area (Å²) in [7, 11) is 0. The molecular formula is C9H14F2N2O2. The van der Waals surface area contributed by atoms with Crippen molar-refractivity contribution in [2.45, 2.75) is 18.4 Å². The van der Waals surface area contributed by atoms with Gasteiger partial charge < -0.3 is 15.0 Å².